The Morgan fingerprint density at radius 3 is 3.00 bits per heavy atom. The number of non-ortho nitro benzene ring substituents is 1. The van der Waals surface area contributed by atoms with Crippen molar-refractivity contribution < 1.29 is 14.5 Å². The van der Waals surface area contributed by atoms with E-state index in [1.54, 1.807) is 6.07 Å². The maximum atomic E-state index is 12.3. The summed E-state index contributed by atoms with van der Waals surface area (Å²) in [5.74, 6) is -0.381. The van der Waals surface area contributed by atoms with E-state index in [2.05, 4.69) is 5.32 Å². The fourth-order valence-corrected chi connectivity index (χ4v) is 2.13. The Balaban J connectivity index is 2.14. The second-order valence-corrected chi connectivity index (χ2v) is 4.60. The van der Waals surface area contributed by atoms with E-state index in [1.807, 2.05) is 6.92 Å². The predicted molar refractivity (Wildman–Crippen MR) is 69.2 cm³/mol. The van der Waals surface area contributed by atoms with E-state index in [-0.39, 0.29) is 23.4 Å². The van der Waals surface area contributed by atoms with Crippen LogP contribution in [0.15, 0.2) is 24.3 Å². The number of Topliss-reactive ketones (excluding diaryl/α,β-unsaturated/α-hetero) is 1. The number of morpholine rings is 1. The van der Waals surface area contributed by atoms with Crippen LogP contribution in [0.3, 0.4) is 0 Å². The van der Waals surface area contributed by atoms with Gasteiger partial charge < -0.3 is 10.1 Å². The van der Waals surface area contributed by atoms with E-state index >= 15 is 0 Å². The number of nitro groups is 1. The van der Waals surface area contributed by atoms with E-state index in [9.17, 15) is 14.9 Å². The molecule has 0 spiro atoms. The molecule has 1 heterocycles. The van der Waals surface area contributed by atoms with Crippen molar-refractivity contribution in [3.63, 3.8) is 0 Å². The highest BCUT2D eigenvalue weighted by atomic mass is 16.6. The standard InChI is InChI=1S/C13H16N2O4/c1-9(12-8-19-6-5-14-12)13(16)10-3-2-4-11(7-10)15(17)18/h2-4,7,9,12,14H,5-6,8H2,1H3. The summed E-state index contributed by atoms with van der Waals surface area (Å²) in [6.45, 7) is 3.67. The minimum Gasteiger partial charge on any atom is -0.378 e. The molecule has 1 N–H and O–H groups in total. The molecule has 1 fully saturated rings. The molecule has 19 heavy (non-hydrogen) atoms. The molecule has 6 nitrogen and oxygen atoms in total. The monoisotopic (exact) mass is 264 g/mol. The minimum absolute atomic E-state index is 0.0412. The van der Waals surface area contributed by atoms with E-state index in [0.29, 0.717) is 18.8 Å². The summed E-state index contributed by atoms with van der Waals surface area (Å²) in [4.78, 5) is 22.5. The third-order valence-electron chi connectivity index (χ3n) is 3.31. The topological polar surface area (TPSA) is 81.5 Å². The van der Waals surface area contributed by atoms with Gasteiger partial charge in [0.2, 0.25) is 0 Å². The molecule has 0 radical (unpaired) electrons. The first-order chi connectivity index (χ1) is 9.09. The van der Waals surface area contributed by atoms with Crippen molar-refractivity contribution in [1.82, 2.24) is 5.32 Å². The van der Waals surface area contributed by atoms with Gasteiger partial charge in [-0.2, -0.15) is 0 Å². The molecule has 0 saturated carbocycles. The molecule has 1 aromatic rings. The molecule has 6 heteroatoms. The molecule has 102 valence electrons. The van der Waals surface area contributed by atoms with Gasteiger partial charge in [0.1, 0.15) is 0 Å². The van der Waals surface area contributed by atoms with Crippen molar-refractivity contribution in [2.45, 2.75) is 13.0 Å². The highest BCUT2D eigenvalue weighted by Gasteiger charge is 2.27. The molecule has 1 aliphatic heterocycles. The number of ketones is 1. The number of nitro benzene ring substituents is 1. The smallest absolute Gasteiger partial charge is 0.270 e. The summed E-state index contributed by atoms with van der Waals surface area (Å²) < 4.78 is 5.33. The lowest BCUT2D eigenvalue weighted by Crippen LogP contribution is -2.47. The number of ether oxygens (including phenoxy) is 1. The minimum atomic E-state index is -0.497. The van der Waals surface area contributed by atoms with Crippen molar-refractivity contribution in [3.05, 3.63) is 39.9 Å². The molecule has 1 aliphatic rings. The summed E-state index contributed by atoms with van der Waals surface area (Å²) in [6, 6.07) is 5.80. The van der Waals surface area contributed by atoms with Crippen LogP contribution in [-0.2, 0) is 4.74 Å². The SMILES string of the molecule is CC(C(=O)c1cccc([N+](=O)[O-])c1)C1COCCN1. The second-order valence-electron chi connectivity index (χ2n) is 4.60. The normalized spacial score (nSPS) is 20.8. The number of nitrogens with zero attached hydrogens (tertiary/aromatic N) is 1. The van der Waals surface area contributed by atoms with Crippen molar-refractivity contribution in [3.8, 4) is 0 Å². The second kappa shape index (κ2) is 5.90. The van der Waals surface area contributed by atoms with Crippen molar-refractivity contribution in [2.75, 3.05) is 19.8 Å². The van der Waals surface area contributed by atoms with E-state index in [0.717, 1.165) is 6.54 Å². The lowest BCUT2D eigenvalue weighted by molar-refractivity contribution is -0.384. The van der Waals surface area contributed by atoms with Gasteiger partial charge in [0.05, 0.1) is 18.1 Å². The largest absolute Gasteiger partial charge is 0.378 e. The van der Waals surface area contributed by atoms with Gasteiger partial charge in [-0.05, 0) is 0 Å². The average Bonchev–Trinajstić information content (AvgIpc) is 2.46. The lowest BCUT2D eigenvalue weighted by Gasteiger charge is -2.28. The lowest BCUT2D eigenvalue weighted by atomic mass is 9.92. The number of carbonyl (C=O) groups is 1. The van der Waals surface area contributed by atoms with Crippen LogP contribution < -0.4 is 5.32 Å². The van der Waals surface area contributed by atoms with Gasteiger partial charge in [-0.3, -0.25) is 14.9 Å². The first-order valence-electron chi connectivity index (χ1n) is 6.19. The quantitative estimate of drug-likeness (QED) is 0.505. The zero-order chi connectivity index (χ0) is 13.8. The Kier molecular flexibility index (Phi) is 4.24. The van der Waals surface area contributed by atoms with Gasteiger partial charge in [-0.1, -0.05) is 19.1 Å². The Morgan fingerprint density at radius 1 is 1.58 bits per heavy atom. The number of hydrogen-bond donors (Lipinski definition) is 1. The van der Waals surface area contributed by atoms with Gasteiger partial charge in [-0.25, -0.2) is 0 Å². The van der Waals surface area contributed by atoms with Crippen LogP contribution >= 0.6 is 0 Å². The maximum Gasteiger partial charge on any atom is 0.270 e. The summed E-state index contributed by atoms with van der Waals surface area (Å²) in [5.41, 5.74) is 0.306. The van der Waals surface area contributed by atoms with Gasteiger partial charge in [0.25, 0.3) is 5.69 Å². The van der Waals surface area contributed by atoms with Crippen molar-refractivity contribution in [2.24, 2.45) is 5.92 Å². The van der Waals surface area contributed by atoms with Crippen molar-refractivity contribution >= 4 is 11.5 Å². The number of rotatable bonds is 4. The van der Waals surface area contributed by atoms with Crippen LogP contribution in [-0.4, -0.2) is 36.5 Å². The Hall–Kier alpha value is -1.79. The fraction of sp³-hybridized carbons (Fsp3) is 0.462. The molecule has 0 aliphatic carbocycles. The summed E-state index contributed by atoms with van der Waals surface area (Å²) in [5, 5.41) is 13.9. The zero-order valence-electron chi connectivity index (χ0n) is 10.7. The number of benzene rings is 1. The molecule has 2 unspecified atom stereocenters. The summed E-state index contributed by atoms with van der Waals surface area (Å²) in [6.07, 6.45) is 0. The molecule has 2 rings (SSSR count). The van der Waals surface area contributed by atoms with Gasteiger partial charge in [-0.15, -0.1) is 0 Å². The third-order valence-corrected chi connectivity index (χ3v) is 3.31. The number of hydrogen-bond acceptors (Lipinski definition) is 5. The van der Waals surface area contributed by atoms with Crippen molar-refractivity contribution in [1.29, 1.82) is 0 Å². The van der Waals surface area contributed by atoms with Gasteiger partial charge in [0, 0.05) is 36.2 Å². The number of carbonyl (C=O) groups excluding carboxylic acids is 1. The summed E-state index contributed by atoms with van der Waals surface area (Å²) >= 11 is 0. The molecule has 1 aromatic carbocycles. The molecule has 0 aromatic heterocycles. The Labute approximate surface area is 110 Å². The molecular weight excluding hydrogens is 248 g/mol. The first-order valence-corrected chi connectivity index (χ1v) is 6.19. The van der Waals surface area contributed by atoms with E-state index in [1.165, 1.54) is 18.2 Å². The van der Waals surface area contributed by atoms with Crippen LogP contribution in [0.1, 0.15) is 17.3 Å². The van der Waals surface area contributed by atoms with E-state index in [4.69, 9.17) is 4.74 Å². The number of nitrogens with one attached hydrogen (secondary N) is 1. The molecule has 2 atom stereocenters. The molecule has 0 amide bonds. The zero-order valence-corrected chi connectivity index (χ0v) is 10.7. The first kappa shape index (κ1) is 13.6. The predicted octanol–water partition coefficient (Wildman–Crippen LogP) is 1.40. The highest BCUT2D eigenvalue weighted by Crippen LogP contribution is 2.18. The Bertz CT molecular complexity index is 483. The average molecular weight is 264 g/mol. The van der Waals surface area contributed by atoms with Crippen LogP contribution in [0.4, 0.5) is 5.69 Å². The maximum absolute atomic E-state index is 12.3. The van der Waals surface area contributed by atoms with Gasteiger partial charge in [0.15, 0.2) is 5.78 Å². The van der Waals surface area contributed by atoms with Crippen LogP contribution in [0.2, 0.25) is 0 Å². The summed E-state index contributed by atoms with van der Waals surface area (Å²) in [7, 11) is 0. The van der Waals surface area contributed by atoms with Crippen LogP contribution in [0.25, 0.3) is 0 Å². The van der Waals surface area contributed by atoms with E-state index < -0.39 is 4.92 Å². The van der Waals surface area contributed by atoms with Crippen LogP contribution in [0.5, 0.6) is 0 Å². The molecule has 1 saturated heterocycles. The highest BCUT2D eigenvalue weighted by molar-refractivity contribution is 5.98. The van der Waals surface area contributed by atoms with Crippen LogP contribution in [0, 0.1) is 16.0 Å². The molecule has 0 bridgehead atoms. The fourth-order valence-electron chi connectivity index (χ4n) is 2.13. The Morgan fingerprint density at radius 2 is 2.37 bits per heavy atom. The molecular formula is C13H16N2O4. The third kappa shape index (κ3) is 3.15. The van der Waals surface area contributed by atoms with Gasteiger partial charge >= 0.3 is 0 Å².